The summed E-state index contributed by atoms with van der Waals surface area (Å²) in [5, 5.41) is 3.42. The number of hydrogen-bond acceptors (Lipinski definition) is 4. The van der Waals surface area contributed by atoms with Gasteiger partial charge in [-0.2, -0.15) is 4.31 Å². The highest BCUT2D eigenvalue weighted by Crippen LogP contribution is 2.27. The van der Waals surface area contributed by atoms with Crippen LogP contribution in [0.5, 0.6) is 5.75 Å². The van der Waals surface area contributed by atoms with E-state index in [0.717, 1.165) is 15.4 Å². The Morgan fingerprint density at radius 3 is 2.24 bits per heavy atom. The number of anilines is 1. The molecule has 0 bridgehead atoms. The fourth-order valence-electron chi connectivity index (χ4n) is 3.20. The van der Waals surface area contributed by atoms with E-state index in [1.54, 1.807) is 42.5 Å². The van der Waals surface area contributed by atoms with Crippen molar-refractivity contribution >= 4 is 44.8 Å². The van der Waals surface area contributed by atoms with Gasteiger partial charge in [0.05, 0.1) is 34.3 Å². The number of methoxy groups -OCH3 is 1. The molecule has 33 heavy (non-hydrogen) atoms. The third-order valence-corrected chi connectivity index (χ3v) is 7.50. The molecule has 0 saturated carbocycles. The standard InChI is InChI=1S/C24H24Cl2N2O4S/c1-16-4-8-19(9-5-16)33(30,31)28(14-18-7-10-20(25)21(26)13-18)15-24(29)27-22-12-17(2)6-11-23(22)32-3/h4-13H,14-15H2,1-3H3,(H,27,29). The van der Waals surface area contributed by atoms with E-state index in [9.17, 15) is 13.2 Å². The Kier molecular flexibility index (Phi) is 8.02. The lowest BCUT2D eigenvalue weighted by Crippen LogP contribution is -2.37. The van der Waals surface area contributed by atoms with Crippen LogP contribution in [0.2, 0.25) is 10.0 Å². The molecule has 9 heteroatoms. The van der Waals surface area contributed by atoms with Gasteiger partial charge in [0.1, 0.15) is 5.75 Å². The summed E-state index contributed by atoms with van der Waals surface area (Å²) in [6.07, 6.45) is 0. The largest absolute Gasteiger partial charge is 0.495 e. The van der Waals surface area contributed by atoms with Crippen LogP contribution in [0.3, 0.4) is 0 Å². The molecular formula is C24H24Cl2N2O4S. The molecule has 3 aromatic rings. The first-order valence-electron chi connectivity index (χ1n) is 10.1. The molecule has 0 atom stereocenters. The van der Waals surface area contributed by atoms with E-state index in [1.807, 2.05) is 19.9 Å². The molecule has 0 spiro atoms. The van der Waals surface area contributed by atoms with Gasteiger partial charge in [0.15, 0.2) is 0 Å². The number of rotatable bonds is 8. The molecule has 0 aromatic heterocycles. The first-order chi connectivity index (χ1) is 15.6. The van der Waals surface area contributed by atoms with Gasteiger partial charge < -0.3 is 10.1 Å². The molecule has 0 radical (unpaired) electrons. The molecule has 0 aliphatic rings. The number of nitrogens with one attached hydrogen (secondary N) is 1. The van der Waals surface area contributed by atoms with Crippen LogP contribution in [0.15, 0.2) is 65.6 Å². The molecule has 3 aromatic carbocycles. The number of aryl methyl sites for hydroxylation is 2. The van der Waals surface area contributed by atoms with Gasteiger partial charge in [-0.25, -0.2) is 8.42 Å². The zero-order valence-corrected chi connectivity index (χ0v) is 20.8. The summed E-state index contributed by atoms with van der Waals surface area (Å²) in [7, 11) is -2.49. The van der Waals surface area contributed by atoms with Crippen LogP contribution in [0.4, 0.5) is 5.69 Å². The van der Waals surface area contributed by atoms with E-state index in [2.05, 4.69) is 5.32 Å². The van der Waals surface area contributed by atoms with E-state index in [0.29, 0.717) is 27.0 Å². The molecule has 0 aliphatic carbocycles. The second kappa shape index (κ2) is 10.6. The first kappa shape index (κ1) is 25.1. The Hall–Kier alpha value is -2.58. The van der Waals surface area contributed by atoms with Crippen LogP contribution in [0.25, 0.3) is 0 Å². The number of nitrogens with zero attached hydrogens (tertiary/aromatic N) is 1. The number of carbonyl (C=O) groups excluding carboxylic acids is 1. The van der Waals surface area contributed by atoms with E-state index >= 15 is 0 Å². The summed E-state index contributed by atoms with van der Waals surface area (Å²) in [6, 6.07) is 16.7. The topological polar surface area (TPSA) is 75.7 Å². The third-order valence-electron chi connectivity index (χ3n) is 4.95. The van der Waals surface area contributed by atoms with Gasteiger partial charge in [0, 0.05) is 6.54 Å². The van der Waals surface area contributed by atoms with E-state index in [4.69, 9.17) is 27.9 Å². The molecular weight excluding hydrogens is 483 g/mol. The highest BCUT2D eigenvalue weighted by atomic mass is 35.5. The molecule has 6 nitrogen and oxygen atoms in total. The zero-order valence-electron chi connectivity index (χ0n) is 18.4. The maximum Gasteiger partial charge on any atom is 0.243 e. The minimum atomic E-state index is -3.99. The van der Waals surface area contributed by atoms with E-state index in [-0.39, 0.29) is 11.4 Å². The monoisotopic (exact) mass is 506 g/mol. The van der Waals surface area contributed by atoms with Gasteiger partial charge in [-0.15, -0.1) is 0 Å². The summed E-state index contributed by atoms with van der Waals surface area (Å²) in [5.74, 6) is -0.0268. The van der Waals surface area contributed by atoms with Crippen LogP contribution in [0, 0.1) is 13.8 Å². The molecule has 0 heterocycles. The second-order valence-corrected chi connectivity index (χ2v) is 10.3. The van der Waals surface area contributed by atoms with Crippen molar-refractivity contribution in [2.75, 3.05) is 19.0 Å². The SMILES string of the molecule is COc1ccc(C)cc1NC(=O)CN(Cc1ccc(Cl)c(Cl)c1)S(=O)(=O)c1ccc(C)cc1. The summed E-state index contributed by atoms with van der Waals surface area (Å²) in [5.41, 5.74) is 2.91. The van der Waals surface area contributed by atoms with Gasteiger partial charge in [0.25, 0.3) is 0 Å². The summed E-state index contributed by atoms with van der Waals surface area (Å²) < 4.78 is 33.3. The molecule has 0 aliphatic heterocycles. The molecule has 1 amide bonds. The minimum absolute atomic E-state index is 0.0640. The Labute approximate surface area is 204 Å². The second-order valence-electron chi connectivity index (χ2n) is 7.59. The van der Waals surface area contributed by atoms with Gasteiger partial charge in [-0.05, 0) is 61.4 Å². The number of amides is 1. The third kappa shape index (κ3) is 6.26. The molecule has 0 saturated heterocycles. The number of halogens is 2. The highest BCUT2D eigenvalue weighted by Gasteiger charge is 2.27. The fraction of sp³-hybridized carbons (Fsp3) is 0.208. The van der Waals surface area contributed by atoms with Crippen molar-refractivity contribution in [3.8, 4) is 5.75 Å². The predicted octanol–water partition coefficient (Wildman–Crippen LogP) is 5.45. The van der Waals surface area contributed by atoms with Crippen LogP contribution < -0.4 is 10.1 Å². The lowest BCUT2D eigenvalue weighted by Gasteiger charge is -2.22. The summed E-state index contributed by atoms with van der Waals surface area (Å²) >= 11 is 12.1. The van der Waals surface area contributed by atoms with Gasteiger partial charge in [-0.3, -0.25) is 4.79 Å². The van der Waals surface area contributed by atoms with E-state index < -0.39 is 22.5 Å². The zero-order chi connectivity index (χ0) is 24.2. The minimum Gasteiger partial charge on any atom is -0.495 e. The van der Waals surface area contributed by atoms with Gasteiger partial charge in [-0.1, -0.05) is 53.0 Å². The first-order valence-corrected chi connectivity index (χ1v) is 12.2. The van der Waals surface area contributed by atoms with Crippen LogP contribution in [-0.2, 0) is 21.4 Å². The Bertz CT molecular complexity index is 1260. The van der Waals surface area contributed by atoms with Crippen molar-refractivity contribution in [2.24, 2.45) is 0 Å². The predicted molar refractivity (Wildman–Crippen MR) is 132 cm³/mol. The lowest BCUT2D eigenvalue weighted by molar-refractivity contribution is -0.116. The van der Waals surface area contributed by atoms with Crippen molar-refractivity contribution in [2.45, 2.75) is 25.3 Å². The number of sulfonamides is 1. The Balaban J connectivity index is 1.92. The van der Waals surface area contributed by atoms with Crippen LogP contribution >= 0.6 is 23.2 Å². The van der Waals surface area contributed by atoms with Crippen molar-refractivity contribution in [1.29, 1.82) is 0 Å². The van der Waals surface area contributed by atoms with Crippen molar-refractivity contribution < 1.29 is 17.9 Å². The van der Waals surface area contributed by atoms with Crippen molar-refractivity contribution in [1.82, 2.24) is 4.31 Å². The number of hydrogen-bond donors (Lipinski definition) is 1. The summed E-state index contributed by atoms with van der Waals surface area (Å²) in [6.45, 7) is 3.28. The average Bonchev–Trinajstić information content (AvgIpc) is 2.76. The van der Waals surface area contributed by atoms with Crippen molar-refractivity contribution in [3.05, 3.63) is 87.4 Å². The maximum absolute atomic E-state index is 13.4. The molecule has 0 fully saturated rings. The number of benzene rings is 3. The van der Waals surface area contributed by atoms with Crippen LogP contribution in [0.1, 0.15) is 16.7 Å². The average molecular weight is 507 g/mol. The normalized spacial score (nSPS) is 11.5. The maximum atomic E-state index is 13.4. The highest BCUT2D eigenvalue weighted by molar-refractivity contribution is 7.89. The smallest absolute Gasteiger partial charge is 0.243 e. The molecule has 0 unspecified atom stereocenters. The molecule has 3 rings (SSSR count). The Morgan fingerprint density at radius 2 is 1.61 bits per heavy atom. The summed E-state index contributed by atoms with van der Waals surface area (Å²) in [4.78, 5) is 13.0. The van der Waals surface area contributed by atoms with Gasteiger partial charge >= 0.3 is 0 Å². The van der Waals surface area contributed by atoms with Crippen molar-refractivity contribution in [3.63, 3.8) is 0 Å². The lowest BCUT2D eigenvalue weighted by atomic mass is 10.2. The van der Waals surface area contributed by atoms with Crippen LogP contribution in [-0.4, -0.2) is 32.3 Å². The molecule has 174 valence electrons. The fourth-order valence-corrected chi connectivity index (χ4v) is 4.90. The molecule has 1 N–H and O–H groups in total. The number of carbonyl (C=O) groups is 1. The quantitative estimate of drug-likeness (QED) is 0.440. The Morgan fingerprint density at radius 1 is 0.939 bits per heavy atom. The number of ether oxygens (including phenoxy) is 1. The van der Waals surface area contributed by atoms with E-state index in [1.165, 1.54) is 19.2 Å². The van der Waals surface area contributed by atoms with Gasteiger partial charge in [0.2, 0.25) is 15.9 Å².